The second kappa shape index (κ2) is 13.4. The van der Waals surface area contributed by atoms with Crippen molar-refractivity contribution in [1.29, 1.82) is 0 Å². The largest absolute Gasteiger partial charge is 0.400 e. The van der Waals surface area contributed by atoms with E-state index in [4.69, 9.17) is 15.7 Å². The number of hydrogen-bond acceptors (Lipinski definition) is 4. The summed E-state index contributed by atoms with van der Waals surface area (Å²) in [7, 11) is 2.64. The van der Waals surface area contributed by atoms with E-state index in [2.05, 4.69) is 12.4 Å². The van der Waals surface area contributed by atoms with Crippen molar-refractivity contribution in [3.8, 4) is 0 Å². The van der Waals surface area contributed by atoms with E-state index in [0.717, 1.165) is 26.5 Å². The number of unbranched alkanes of at least 4 members (excludes halogenated alkanes) is 1. The summed E-state index contributed by atoms with van der Waals surface area (Å²) in [6, 6.07) is 0.441. The van der Waals surface area contributed by atoms with Gasteiger partial charge in [-0.25, -0.2) is 5.48 Å². The summed E-state index contributed by atoms with van der Waals surface area (Å²) >= 11 is 0. The molecule has 0 fully saturated rings. The van der Waals surface area contributed by atoms with Gasteiger partial charge in [0.05, 0.1) is 7.11 Å². The van der Waals surface area contributed by atoms with Gasteiger partial charge in [0.25, 0.3) is 0 Å². The molecule has 0 aromatic carbocycles. The first-order valence-electron chi connectivity index (χ1n) is 4.24. The molecule has 4 nitrogen and oxygen atoms in total. The zero-order valence-electron chi connectivity index (χ0n) is 8.34. The van der Waals surface area contributed by atoms with Gasteiger partial charge in [0.15, 0.2) is 0 Å². The molecule has 0 aliphatic rings. The topological polar surface area (TPSA) is 67.5 Å². The summed E-state index contributed by atoms with van der Waals surface area (Å²) in [5.41, 5.74) is 8.20. The lowest BCUT2D eigenvalue weighted by Crippen LogP contribution is -2.24. The fourth-order valence-electron chi connectivity index (χ4n) is 0.855. The molecular weight excluding hydrogens is 156 g/mol. The first kappa shape index (κ1) is 14.4. The third-order valence-electron chi connectivity index (χ3n) is 1.41. The van der Waals surface area contributed by atoms with Gasteiger partial charge < -0.3 is 15.7 Å². The van der Waals surface area contributed by atoms with Gasteiger partial charge in [-0.3, -0.25) is 0 Å². The molecule has 0 aliphatic carbocycles. The minimum atomic E-state index is 0.441. The second-order valence-electron chi connectivity index (χ2n) is 2.51. The maximum absolute atomic E-state index is 7.00. The van der Waals surface area contributed by atoms with Crippen LogP contribution in [0.25, 0.3) is 0 Å². The number of aliphatic hydroxyl groups excluding tert-OH is 1. The molecule has 0 saturated heterocycles. The number of nitrogens with one attached hydrogen (secondary N) is 1. The van der Waals surface area contributed by atoms with Gasteiger partial charge in [-0.05, 0) is 26.3 Å². The monoisotopic (exact) mass is 178 g/mol. The molecule has 0 heterocycles. The van der Waals surface area contributed by atoms with Gasteiger partial charge in [0.2, 0.25) is 0 Å². The Labute approximate surface area is 75.1 Å². The zero-order chi connectivity index (χ0) is 9.82. The Morgan fingerprint density at radius 2 is 2.00 bits per heavy atom. The molecule has 0 bridgehead atoms. The lowest BCUT2D eigenvalue weighted by molar-refractivity contribution is 0.0629. The van der Waals surface area contributed by atoms with Crippen molar-refractivity contribution in [2.75, 3.05) is 20.8 Å². The molecule has 0 rings (SSSR count). The van der Waals surface area contributed by atoms with Crippen LogP contribution >= 0.6 is 0 Å². The summed E-state index contributed by atoms with van der Waals surface area (Å²) in [6.07, 6.45) is 3.41. The molecule has 4 heteroatoms. The fourth-order valence-corrected chi connectivity index (χ4v) is 0.855. The van der Waals surface area contributed by atoms with E-state index in [9.17, 15) is 0 Å². The number of hydroxylamine groups is 1. The average molecular weight is 178 g/mol. The van der Waals surface area contributed by atoms with Crippen molar-refractivity contribution < 1.29 is 9.94 Å². The summed E-state index contributed by atoms with van der Waals surface area (Å²) in [5.74, 6) is 0. The molecule has 76 valence electrons. The molecule has 0 radical (unpaired) electrons. The molecular formula is C8H22N2O2. The Morgan fingerprint density at radius 3 is 2.42 bits per heavy atom. The van der Waals surface area contributed by atoms with Crippen molar-refractivity contribution >= 4 is 0 Å². The molecule has 0 amide bonds. The van der Waals surface area contributed by atoms with Crippen molar-refractivity contribution in [3.63, 3.8) is 0 Å². The van der Waals surface area contributed by atoms with E-state index >= 15 is 0 Å². The minimum Gasteiger partial charge on any atom is -0.400 e. The Morgan fingerprint density at radius 1 is 1.42 bits per heavy atom. The van der Waals surface area contributed by atoms with E-state index in [1.165, 1.54) is 6.42 Å². The first-order chi connectivity index (χ1) is 5.81. The third-order valence-corrected chi connectivity index (χ3v) is 1.41. The predicted octanol–water partition coefficient (Wildman–Crippen LogP) is 0.263. The average Bonchev–Trinajstić information content (AvgIpc) is 2.09. The molecule has 12 heavy (non-hydrogen) atoms. The first-order valence-corrected chi connectivity index (χ1v) is 4.24. The molecule has 1 unspecified atom stereocenters. The highest BCUT2D eigenvalue weighted by Crippen LogP contribution is 1.98. The van der Waals surface area contributed by atoms with E-state index in [1.54, 1.807) is 7.11 Å². The van der Waals surface area contributed by atoms with Gasteiger partial charge in [0, 0.05) is 13.2 Å². The molecule has 1 atom stereocenters. The Bertz CT molecular complexity index is 72.1. The van der Waals surface area contributed by atoms with Crippen LogP contribution in [0, 0.1) is 0 Å². The molecule has 0 aliphatic heterocycles. The number of aliphatic hydroxyl groups is 1. The molecule has 0 spiro atoms. The SMILES string of the molecule is CO.CONC(C)CCCCN. The van der Waals surface area contributed by atoms with Crippen molar-refractivity contribution in [2.24, 2.45) is 5.73 Å². The van der Waals surface area contributed by atoms with E-state index in [1.807, 2.05) is 0 Å². The maximum Gasteiger partial charge on any atom is 0.0572 e. The zero-order valence-corrected chi connectivity index (χ0v) is 8.34. The lowest BCUT2D eigenvalue weighted by atomic mass is 10.1. The van der Waals surface area contributed by atoms with Crippen LogP contribution in [-0.2, 0) is 4.84 Å². The van der Waals surface area contributed by atoms with Crippen LogP contribution in [-0.4, -0.2) is 31.9 Å². The van der Waals surface area contributed by atoms with E-state index < -0.39 is 0 Å². The minimum absolute atomic E-state index is 0.441. The van der Waals surface area contributed by atoms with Crippen LogP contribution in [0.4, 0.5) is 0 Å². The highest BCUT2D eigenvalue weighted by Gasteiger charge is 1.97. The maximum atomic E-state index is 7.00. The van der Waals surface area contributed by atoms with Crippen LogP contribution < -0.4 is 11.2 Å². The molecule has 4 N–H and O–H groups in total. The number of hydrogen-bond donors (Lipinski definition) is 3. The van der Waals surface area contributed by atoms with E-state index in [0.29, 0.717) is 6.04 Å². The van der Waals surface area contributed by atoms with Crippen LogP contribution in [0.1, 0.15) is 26.2 Å². The summed E-state index contributed by atoms with van der Waals surface area (Å²) in [6.45, 7) is 2.89. The van der Waals surface area contributed by atoms with Gasteiger partial charge in [-0.15, -0.1) is 0 Å². The van der Waals surface area contributed by atoms with Gasteiger partial charge >= 0.3 is 0 Å². The molecule has 0 aromatic rings. The molecule has 0 saturated carbocycles. The van der Waals surface area contributed by atoms with Gasteiger partial charge in [0.1, 0.15) is 0 Å². The van der Waals surface area contributed by atoms with Crippen molar-refractivity contribution in [1.82, 2.24) is 5.48 Å². The van der Waals surface area contributed by atoms with E-state index in [-0.39, 0.29) is 0 Å². The summed E-state index contributed by atoms with van der Waals surface area (Å²) in [5, 5.41) is 7.00. The van der Waals surface area contributed by atoms with Gasteiger partial charge in [-0.1, -0.05) is 6.42 Å². The van der Waals surface area contributed by atoms with Crippen LogP contribution in [0.3, 0.4) is 0 Å². The van der Waals surface area contributed by atoms with Gasteiger partial charge in [-0.2, -0.15) is 0 Å². The van der Waals surface area contributed by atoms with Crippen LogP contribution in [0.2, 0.25) is 0 Å². The highest BCUT2D eigenvalue weighted by molar-refractivity contribution is 4.54. The highest BCUT2D eigenvalue weighted by atomic mass is 16.6. The molecule has 0 aromatic heterocycles. The van der Waals surface area contributed by atoms with Crippen molar-refractivity contribution in [2.45, 2.75) is 32.2 Å². The Balaban J connectivity index is 0. The fraction of sp³-hybridized carbons (Fsp3) is 1.00. The lowest BCUT2D eigenvalue weighted by Gasteiger charge is -2.10. The predicted molar refractivity (Wildman–Crippen MR) is 50.7 cm³/mol. The van der Waals surface area contributed by atoms with Crippen LogP contribution in [0.5, 0.6) is 0 Å². The quantitative estimate of drug-likeness (QED) is 0.403. The number of rotatable bonds is 6. The Hall–Kier alpha value is -0.160. The summed E-state index contributed by atoms with van der Waals surface area (Å²) in [4.78, 5) is 4.75. The number of nitrogens with two attached hydrogens (primary N) is 1. The summed E-state index contributed by atoms with van der Waals surface area (Å²) < 4.78 is 0. The normalized spacial score (nSPS) is 11.8. The Kier molecular flexibility index (Phi) is 16.1. The third kappa shape index (κ3) is 12.5. The standard InChI is InChI=1S/C7H18N2O.CH4O/c1-7(9-10-2)5-3-4-6-8;1-2/h7,9H,3-6,8H2,1-2H3;2H,1H3. The van der Waals surface area contributed by atoms with Crippen LogP contribution in [0.15, 0.2) is 0 Å². The smallest absolute Gasteiger partial charge is 0.0572 e. The second-order valence-corrected chi connectivity index (χ2v) is 2.51. The van der Waals surface area contributed by atoms with Crippen molar-refractivity contribution in [3.05, 3.63) is 0 Å².